The second-order valence-corrected chi connectivity index (χ2v) is 9.01. The number of thioether (sulfide) groups is 1. The number of halogens is 2. The molecule has 1 aliphatic heterocycles. The number of hydrogen-bond acceptors (Lipinski definition) is 5. The van der Waals surface area contributed by atoms with E-state index in [0.29, 0.717) is 41.8 Å². The van der Waals surface area contributed by atoms with Crippen LogP contribution in [0.1, 0.15) is 17.3 Å². The molecule has 3 rings (SSSR count). The van der Waals surface area contributed by atoms with Gasteiger partial charge in [0, 0.05) is 48.2 Å². The third kappa shape index (κ3) is 5.24. The molecule has 158 valence electrons. The van der Waals surface area contributed by atoms with Crippen molar-refractivity contribution in [3.05, 3.63) is 68.2 Å². The summed E-state index contributed by atoms with van der Waals surface area (Å²) in [6.45, 7) is 3.50. The predicted octanol–water partition coefficient (Wildman–Crippen LogP) is 4.37. The molecule has 7 nitrogen and oxygen atoms in total. The van der Waals surface area contributed by atoms with Crippen LogP contribution in [0.25, 0.3) is 0 Å². The molecule has 1 unspecified atom stereocenters. The zero-order valence-corrected chi connectivity index (χ0v) is 18.4. The molecule has 0 aromatic heterocycles. The number of hydrogen-bond donors (Lipinski definition) is 0. The van der Waals surface area contributed by atoms with E-state index in [9.17, 15) is 19.7 Å². The van der Waals surface area contributed by atoms with Gasteiger partial charge in [0.25, 0.3) is 11.6 Å². The summed E-state index contributed by atoms with van der Waals surface area (Å²) in [7, 11) is 0. The van der Waals surface area contributed by atoms with Gasteiger partial charge in [-0.25, -0.2) is 0 Å². The number of non-ortho nitro benzene ring substituents is 1. The Hall–Kier alpha value is -2.29. The highest BCUT2D eigenvalue weighted by Crippen LogP contribution is 2.27. The fourth-order valence-corrected chi connectivity index (χ4v) is 4.56. The number of piperazine rings is 1. The van der Waals surface area contributed by atoms with E-state index in [4.69, 9.17) is 23.2 Å². The van der Waals surface area contributed by atoms with Crippen molar-refractivity contribution in [2.24, 2.45) is 0 Å². The monoisotopic (exact) mass is 467 g/mol. The molecular weight excluding hydrogens is 449 g/mol. The lowest BCUT2D eigenvalue weighted by atomic mass is 10.1. The van der Waals surface area contributed by atoms with Crippen LogP contribution in [0.5, 0.6) is 0 Å². The topological polar surface area (TPSA) is 83.8 Å². The minimum absolute atomic E-state index is 0.0138. The predicted molar refractivity (Wildman–Crippen MR) is 117 cm³/mol. The Morgan fingerprint density at radius 1 is 1.03 bits per heavy atom. The van der Waals surface area contributed by atoms with Crippen LogP contribution in [0.4, 0.5) is 5.69 Å². The van der Waals surface area contributed by atoms with Crippen LogP contribution in [0.2, 0.25) is 10.0 Å². The summed E-state index contributed by atoms with van der Waals surface area (Å²) >= 11 is 13.4. The zero-order valence-electron chi connectivity index (χ0n) is 16.1. The van der Waals surface area contributed by atoms with Gasteiger partial charge in [-0.2, -0.15) is 0 Å². The van der Waals surface area contributed by atoms with Gasteiger partial charge >= 0.3 is 0 Å². The summed E-state index contributed by atoms with van der Waals surface area (Å²) in [5.41, 5.74) is 0.405. The Balaban J connectivity index is 1.55. The normalized spacial score (nSPS) is 15.0. The third-order valence-electron chi connectivity index (χ3n) is 4.75. The smallest absolute Gasteiger partial charge is 0.269 e. The quantitative estimate of drug-likeness (QED) is 0.370. The molecule has 0 radical (unpaired) electrons. The van der Waals surface area contributed by atoms with Crippen molar-refractivity contribution in [3.8, 4) is 0 Å². The largest absolute Gasteiger partial charge is 0.338 e. The van der Waals surface area contributed by atoms with Gasteiger partial charge in [-0.3, -0.25) is 19.7 Å². The zero-order chi connectivity index (χ0) is 21.8. The lowest BCUT2D eigenvalue weighted by Gasteiger charge is -2.36. The first-order chi connectivity index (χ1) is 14.3. The Morgan fingerprint density at radius 3 is 2.20 bits per heavy atom. The van der Waals surface area contributed by atoms with E-state index in [-0.39, 0.29) is 22.8 Å². The fourth-order valence-electron chi connectivity index (χ4n) is 3.12. The number of nitro groups is 1. The lowest BCUT2D eigenvalue weighted by Crippen LogP contribution is -2.52. The van der Waals surface area contributed by atoms with Gasteiger partial charge < -0.3 is 9.80 Å². The Bertz CT molecular complexity index is 963. The van der Waals surface area contributed by atoms with Crippen LogP contribution < -0.4 is 0 Å². The highest BCUT2D eigenvalue weighted by Gasteiger charge is 2.28. The first kappa shape index (κ1) is 22.4. The molecule has 0 N–H and O–H groups in total. The summed E-state index contributed by atoms with van der Waals surface area (Å²) in [6.07, 6.45) is 0. The second-order valence-electron chi connectivity index (χ2n) is 6.75. The molecule has 1 atom stereocenters. The Labute approximate surface area is 188 Å². The second kappa shape index (κ2) is 9.68. The molecular formula is C20H19Cl2N3O4S. The Kier molecular flexibility index (Phi) is 7.23. The SMILES string of the molecule is CC(Sc1ccc([N+](=O)[O-])cc1)C(=O)N1CCN(C(=O)c2ccc(Cl)cc2Cl)CC1. The molecule has 2 aromatic carbocycles. The van der Waals surface area contributed by atoms with E-state index >= 15 is 0 Å². The average Bonchev–Trinajstić information content (AvgIpc) is 2.73. The summed E-state index contributed by atoms with van der Waals surface area (Å²) < 4.78 is 0. The highest BCUT2D eigenvalue weighted by molar-refractivity contribution is 8.00. The van der Waals surface area contributed by atoms with Gasteiger partial charge in [0.2, 0.25) is 5.91 Å². The van der Waals surface area contributed by atoms with Gasteiger partial charge in [0.15, 0.2) is 0 Å². The van der Waals surface area contributed by atoms with Crippen molar-refractivity contribution in [1.82, 2.24) is 9.80 Å². The molecule has 2 aromatic rings. The number of carbonyl (C=O) groups is 2. The molecule has 10 heteroatoms. The van der Waals surface area contributed by atoms with Crippen molar-refractivity contribution >= 4 is 52.5 Å². The van der Waals surface area contributed by atoms with Crippen LogP contribution in [-0.2, 0) is 4.79 Å². The number of nitro benzene ring substituents is 1. The molecule has 1 aliphatic rings. The highest BCUT2D eigenvalue weighted by atomic mass is 35.5. The molecule has 0 aliphatic carbocycles. The van der Waals surface area contributed by atoms with Crippen molar-refractivity contribution in [3.63, 3.8) is 0 Å². The first-order valence-corrected chi connectivity index (χ1v) is 10.8. The maximum atomic E-state index is 12.8. The number of rotatable bonds is 5. The number of carbonyl (C=O) groups excluding carboxylic acids is 2. The van der Waals surface area contributed by atoms with E-state index in [1.807, 2.05) is 0 Å². The standard InChI is InChI=1S/C20H19Cl2N3O4S/c1-13(30-16-5-3-15(4-6-16)25(28)29)19(26)23-8-10-24(11-9-23)20(27)17-7-2-14(21)12-18(17)22/h2-7,12-13H,8-11H2,1H3. The van der Waals surface area contributed by atoms with Gasteiger partial charge in [0.05, 0.1) is 20.8 Å². The van der Waals surface area contributed by atoms with Gasteiger partial charge in [-0.1, -0.05) is 23.2 Å². The molecule has 0 bridgehead atoms. The first-order valence-electron chi connectivity index (χ1n) is 9.20. The van der Waals surface area contributed by atoms with Crippen LogP contribution in [0.15, 0.2) is 47.4 Å². The van der Waals surface area contributed by atoms with Crippen molar-refractivity contribution in [1.29, 1.82) is 0 Å². The third-order valence-corrected chi connectivity index (χ3v) is 6.40. The van der Waals surface area contributed by atoms with E-state index in [1.54, 1.807) is 41.0 Å². The Morgan fingerprint density at radius 2 is 1.63 bits per heavy atom. The molecule has 0 spiro atoms. The van der Waals surface area contributed by atoms with E-state index in [2.05, 4.69) is 0 Å². The van der Waals surface area contributed by atoms with Crippen LogP contribution in [0.3, 0.4) is 0 Å². The van der Waals surface area contributed by atoms with Crippen molar-refractivity contribution < 1.29 is 14.5 Å². The summed E-state index contributed by atoms with van der Waals surface area (Å²) in [4.78, 5) is 40.0. The average molecular weight is 468 g/mol. The fraction of sp³-hybridized carbons (Fsp3) is 0.300. The molecule has 0 saturated carbocycles. The molecule has 1 fully saturated rings. The van der Waals surface area contributed by atoms with E-state index in [0.717, 1.165) is 4.90 Å². The minimum Gasteiger partial charge on any atom is -0.338 e. The van der Waals surface area contributed by atoms with Gasteiger partial charge in [-0.05, 0) is 37.3 Å². The molecule has 1 heterocycles. The van der Waals surface area contributed by atoms with Gasteiger partial charge in [0.1, 0.15) is 0 Å². The van der Waals surface area contributed by atoms with Crippen molar-refractivity contribution in [2.75, 3.05) is 26.2 Å². The van der Waals surface area contributed by atoms with Crippen LogP contribution >= 0.6 is 35.0 Å². The van der Waals surface area contributed by atoms with E-state index < -0.39 is 4.92 Å². The van der Waals surface area contributed by atoms with Gasteiger partial charge in [-0.15, -0.1) is 11.8 Å². The number of amides is 2. The maximum absolute atomic E-state index is 12.8. The van der Waals surface area contributed by atoms with Crippen LogP contribution in [0, 0.1) is 10.1 Å². The lowest BCUT2D eigenvalue weighted by molar-refractivity contribution is -0.384. The number of benzene rings is 2. The van der Waals surface area contributed by atoms with Crippen molar-refractivity contribution in [2.45, 2.75) is 17.1 Å². The summed E-state index contributed by atoms with van der Waals surface area (Å²) in [5, 5.41) is 11.2. The van der Waals surface area contributed by atoms with Crippen LogP contribution in [-0.4, -0.2) is 58.0 Å². The summed E-state index contributed by atoms with van der Waals surface area (Å²) in [6, 6.07) is 10.9. The summed E-state index contributed by atoms with van der Waals surface area (Å²) in [5.74, 6) is -0.216. The minimum atomic E-state index is -0.457. The molecule has 2 amide bonds. The van der Waals surface area contributed by atoms with E-state index in [1.165, 1.54) is 30.0 Å². The molecule has 30 heavy (non-hydrogen) atoms. The molecule has 1 saturated heterocycles. The number of nitrogens with zero attached hydrogens (tertiary/aromatic N) is 3. The maximum Gasteiger partial charge on any atom is 0.269 e.